The van der Waals surface area contributed by atoms with Crippen LogP contribution in [0, 0.1) is 25.6 Å². The Morgan fingerprint density at radius 3 is 2.44 bits per heavy atom. The van der Waals surface area contributed by atoms with Crippen LogP contribution >= 0.6 is 11.5 Å². The van der Waals surface area contributed by atoms with E-state index < -0.39 is 11.9 Å². The van der Waals surface area contributed by atoms with Gasteiger partial charge in [0.25, 0.3) is 11.5 Å². The van der Waals surface area contributed by atoms with E-state index in [9.17, 15) is 14.0 Å². The summed E-state index contributed by atoms with van der Waals surface area (Å²) in [5.41, 5.74) is 2.20. The highest BCUT2D eigenvalue weighted by Crippen LogP contribution is 2.31. The fraction of sp³-hybridized carbons (Fsp3) is 0.400. The molecular weight excluding hydrogens is 513 g/mol. The van der Waals surface area contributed by atoms with Gasteiger partial charge in [0.05, 0.1) is 23.7 Å². The van der Waals surface area contributed by atoms with Crippen molar-refractivity contribution in [1.82, 2.24) is 23.7 Å². The van der Waals surface area contributed by atoms with Crippen LogP contribution in [0.5, 0.6) is 0 Å². The van der Waals surface area contributed by atoms with E-state index in [4.69, 9.17) is 4.98 Å². The monoisotopic (exact) mass is 549 g/mol. The van der Waals surface area contributed by atoms with Gasteiger partial charge >= 0.3 is 0 Å². The van der Waals surface area contributed by atoms with Crippen molar-refractivity contribution in [2.24, 2.45) is 5.92 Å². The lowest BCUT2D eigenvalue weighted by Crippen LogP contribution is -2.42. The first-order valence-corrected chi connectivity index (χ1v) is 14.0. The molecule has 7 nitrogen and oxygen atoms in total. The fourth-order valence-corrected chi connectivity index (χ4v) is 5.62. The minimum atomic E-state index is -0.521. The Kier molecular flexibility index (Phi) is 8.92. The molecule has 0 spiro atoms. The molecule has 39 heavy (non-hydrogen) atoms. The van der Waals surface area contributed by atoms with E-state index in [1.54, 1.807) is 28.5 Å². The Labute approximate surface area is 233 Å². The molecule has 0 aliphatic rings. The average molecular weight is 550 g/mol. The SMILES string of the molecule is Cc1ccc(C(=O)N(CCCN(C)C)[C@@H](c2nc3snc(C)c3c(=O)n2Cc2ccccc2)C(C)C)cc1F. The van der Waals surface area contributed by atoms with Crippen molar-refractivity contribution < 1.29 is 9.18 Å². The first-order valence-electron chi connectivity index (χ1n) is 13.2. The van der Waals surface area contributed by atoms with Crippen molar-refractivity contribution in [2.75, 3.05) is 27.2 Å². The number of benzene rings is 2. The van der Waals surface area contributed by atoms with Crippen LogP contribution in [0.15, 0.2) is 53.3 Å². The molecule has 0 aliphatic carbocycles. The molecule has 1 atom stereocenters. The minimum Gasteiger partial charge on any atom is -0.328 e. The van der Waals surface area contributed by atoms with Gasteiger partial charge in [-0.25, -0.2) is 9.37 Å². The lowest BCUT2D eigenvalue weighted by atomic mass is 9.98. The number of carbonyl (C=O) groups is 1. The average Bonchev–Trinajstić information content (AvgIpc) is 3.27. The Morgan fingerprint density at radius 1 is 1.08 bits per heavy atom. The lowest BCUT2D eigenvalue weighted by molar-refractivity contribution is 0.0595. The van der Waals surface area contributed by atoms with Gasteiger partial charge < -0.3 is 9.80 Å². The number of nitrogens with zero attached hydrogens (tertiary/aromatic N) is 5. The van der Waals surface area contributed by atoms with E-state index >= 15 is 0 Å². The first kappa shape index (κ1) is 28.6. The molecule has 1 amide bonds. The molecule has 9 heteroatoms. The van der Waals surface area contributed by atoms with Gasteiger partial charge in [-0.05, 0) is 81.6 Å². The van der Waals surface area contributed by atoms with Crippen LogP contribution in [-0.4, -0.2) is 56.8 Å². The summed E-state index contributed by atoms with van der Waals surface area (Å²) in [6, 6.07) is 13.8. The zero-order valence-corrected chi connectivity index (χ0v) is 24.3. The van der Waals surface area contributed by atoms with Gasteiger partial charge in [0.2, 0.25) is 0 Å². The third-order valence-corrected chi connectivity index (χ3v) is 7.73. The zero-order valence-electron chi connectivity index (χ0n) is 23.4. The van der Waals surface area contributed by atoms with Crippen LogP contribution in [0.25, 0.3) is 10.2 Å². The summed E-state index contributed by atoms with van der Waals surface area (Å²) in [7, 11) is 3.97. The Balaban J connectivity index is 1.90. The smallest absolute Gasteiger partial charge is 0.264 e. The molecule has 4 rings (SSSR count). The number of hydrogen-bond acceptors (Lipinski definition) is 6. The van der Waals surface area contributed by atoms with Gasteiger partial charge in [0.1, 0.15) is 11.6 Å². The second-order valence-corrected chi connectivity index (χ2v) is 11.4. The van der Waals surface area contributed by atoms with E-state index in [1.165, 1.54) is 17.6 Å². The number of halogens is 1. The van der Waals surface area contributed by atoms with E-state index in [-0.39, 0.29) is 22.9 Å². The predicted molar refractivity (Wildman–Crippen MR) is 155 cm³/mol. The fourth-order valence-electron chi connectivity index (χ4n) is 4.84. The molecule has 2 aromatic carbocycles. The topological polar surface area (TPSA) is 71.3 Å². The van der Waals surface area contributed by atoms with Crippen molar-refractivity contribution >= 4 is 27.7 Å². The van der Waals surface area contributed by atoms with Gasteiger partial charge in [-0.15, -0.1) is 0 Å². The van der Waals surface area contributed by atoms with Crippen LogP contribution in [0.4, 0.5) is 4.39 Å². The molecule has 0 saturated carbocycles. The van der Waals surface area contributed by atoms with E-state index in [2.05, 4.69) is 9.27 Å². The molecule has 0 bridgehead atoms. The number of carbonyl (C=O) groups excluding carboxylic acids is 1. The quantitative estimate of drug-likeness (QED) is 0.263. The van der Waals surface area contributed by atoms with Crippen molar-refractivity contribution in [3.63, 3.8) is 0 Å². The first-order chi connectivity index (χ1) is 18.6. The molecule has 0 radical (unpaired) electrons. The molecule has 2 aromatic heterocycles. The van der Waals surface area contributed by atoms with Crippen molar-refractivity contribution in [3.05, 3.63) is 92.9 Å². The standard InChI is InChI=1S/C30H36FN5O2S/c1-19(2)26(35(16-10-15-34(5)6)29(37)23-14-13-20(3)24(31)17-23)27-32-28-25(21(4)33-39-28)30(38)36(27)18-22-11-8-7-9-12-22/h7-9,11-14,17,19,26H,10,15-16,18H2,1-6H3/t26-/m1/s1. The molecule has 0 N–H and O–H groups in total. The Bertz CT molecular complexity index is 1510. The van der Waals surface area contributed by atoms with E-state index in [0.29, 0.717) is 46.8 Å². The second-order valence-electron chi connectivity index (χ2n) is 10.6. The third kappa shape index (κ3) is 6.25. The van der Waals surface area contributed by atoms with Gasteiger partial charge in [0, 0.05) is 12.1 Å². The zero-order chi connectivity index (χ0) is 28.3. The molecule has 2 heterocycles. The number of aromatic nitrogens is 3. The number of rotatable bonds is 10. The highest BCUT2D eigenvalue weighted by atomic mass is 32.1. The summed E-state index contributed by atoms with van der Waals surface area (Å²) < 4.78 is 20.6. The van der Waals surface area contributed by atoms with Crippen LogP contribution in [-0.2, 0) is 6.54 Å². The number of aryl methyl sites for hydroxylation is 2. The highest BCUT2D eigenvalue weighted by Gasteiger charge is 2.33. The Morgan fingerprint density at radius 2 is 1.79 bits per heavy atom. The second kappa shape index (κ2) is 12.2. The van der Waals surface area contributed by atoms with Crippen LogP contribution in [0.3, 0.4) is 0 Å². The van der Waals surface area contributed by atoms with Crippen LogP contribution < -0.4 is 5.56 Å². The summed E-state index contributed by atoms with van der Waals surface area (Å²) in [6.45, 7) is 9.05. The normalized spacial score (nSPS) is 12.4. The van der Waals surface area contributed by atoms with Crippen LogP contribution in [0.2, 0.25) is 0 Å². The summed E-state index contributed by atoms with van der Waals surface area (Å²) in [5.74, 6) is -0.270. The summed E-state index contributed by atoms with van der Waals surface area (Å²) in [6.07, 6.45) is 0.709. The molecule has 0 fully saturated rings. The summed E-state index contributed by atoms with van der Waals surface area (Å²) >= 11 is 1.19. The highest BCUT2D eigenvalue weighted by molar-refractivity contribution is 7.12. The molecule has 206 valence electrons. The Hall–Kier alpha value is -3.43. The van der Waals surface area contributed by atoms with Gasteiger partial charge in [-0.1, -0.05) is 50.2 Å². The van der Waals surface area contributed by atoms with Gasteiger partial charge in [-0.3, -0.25) is 14.2 Å². The molecular formula is C30H36FN5O2S. The number of hydrogen-bond donors (Lipinski definition) is 0. The summed E-state index contributed by atoms with van der Waals surface area (Å²) in [5, 5.41) is 0.508. The van der Waals surface area contributed by atoms with Crippen molar-refractivity contribution in [3.8, 4) is 0 Å². The lowest BCUT2D eigenvalue weighted by Gasteiger charge is -2.35. The van der Waals surface area contributed by atoms with Gasteiger partial charge in [0.15, 0.2) is 4.83 Å². The molecule has 0 aliphatic heterocycles. The third-order valence-electron chi connectivity index (χ3n) is 6.90. The van der Waals surface area contributed by atoms with Crippen LogP contribution in [0.1, 0.15) is 59.3 Å². The minimum absolute atomic E-state index is 0.0796. The number of amides is 1. The van der Waals surface area contributed by atoms with Gasteiger partial charge in [-0.2, -0.15) is 4.37 Å². The molecule has 0 saturated heterocycles. The maximum Gasteiger partial charge on any atom is 0.264 e. The van der Waals surface area contributed by atoms with Crippen molar-refractivity contribution in [1.29, 1.82) is 0 Å². The molecule has 0 unspecified atom stereocenters. The van der Waals surface area contributed by atoms with Crippen molar-refractivity contribution in [2.45, 2.75) is 46.7 Å². The maximum absolute atomic E-state index is 14.5. The molecule has 4 aromatic rings. The van der Waals surface area contributed by atoms with E-state index in [0.717, 1.165) is 12.1 Å². The predicted octanol–water partition coefficient (Wildman–Crippen LogP) is 5.45. The maximum atomic E-state index is 14.5. The largest absolute Gasteiger partial charge is 0.328 e. The van der Waals surface area contributed by atoms with E-state index in [1.807, 2.05) is 65.2 Å². The summed E-state index contributed by atoms with van der Waals surface area (Å²) in [4.78, 5) is 37.4. The number of fused-ring (bicyclic) bond motifs is 1.